The number of aryl methyl sites for hydroxylation is 1. The van der Waals surface area contributed by atoms with Gasteiger partial charge in [0, 0.05) is 55.6 Å². The molecule has 0 spiro atoms. The number of piperazine rings is 1. The number of nitrogens with zero attached hydrogens (tertiary/aromatic N) is 4. The van der Waals surface area contributed by atoms with Crippen LogP contribution in [-0.4, -0.2) is 52.0 Å². The van der Waals surface area contributed by atoms with Crippen molar-refractivity contribution in [3.63, 3.8) is 0 Å². The van der Waals surface area contributed by atoms with Crippen molar-refractivity contribution in [1.29, 1.82) is 0 Å². The van der Waals surface area contributed by atoms with Crippen LogP contribution in [0.5, 0.6) is 0 Å². The molecular weight excluding hydrogens is 431 g/mol. The van der Waals surface area contributed by atoms with Crippen LogP contribution >= 0.6 is 11.6 Å². The summed E-state index contributed by atoms with van der Waals surface area (Å²) in [7, 11) is 0. The SMILES string of the molecule is CC(c1ccccc1Cl)N1CCN(C(=O)CCCc2nc(-c3ccc(F)cc3)no2)CC1. The van der Waals surface area contributed by atoms with Crippen LogP contribution in [0, 0.1) is 5.82 Å². The number of aromatic nitrogens is 2. The average Bonchev–Trinajstić information content (AvgIpc) is 3.28. The maximum atomic E-state index is 13.0. The minimum absolute atomic E-state index is 0.147. The van der Waals surface area contributed by atoms with Gasteiger partial charge in [-0.25, -0.2) is 4.39 Å². The van der Waals surface area contributed by atoms with Crippen LogP contribution in [0.25, 0.3) is 11.4 Å². The van der Waals surface area contributed by atoms with Crippen LogP contribution < -0.4 is 0 Å². The fourth-order valence-electron chi connectivity index (χ4n) is 3.99. The highest BCUT2D eigenvalue weighted by molar-refractivity contribution is 6.31. The molecule has 4 rings (SSSR count). The zero-order valence-electron chi connectivity index (χ0n) is 18.0. The lowest BCUT2D eigenvalue weighted by Gasteiger charge is -2.38. The molecule has 6 nitrogen and oxygen atoms in total. The molecule has 3 aromatic rings. The molecule has 1 aromatic heterocycles. The van der Waals surface area contributed by atoms with Crippen LogP contribution in [-0.2, 0) is 11.2 Å². The van der Waals surface area contributed by atoms with Crippen molar-refractivity contribution in [1.82, 2.24) is 19.9 Å². The van der Waals surface area contributed by atoms with E-state index in [-0.39, 0.29) is 17.8 Å². The third kappa shape index (κ3) is 5.34. The van der Waals surface area contributed by atoms with Gasteiger partial charge >= 0.3 is 0 Å². The van der Waals surface area contributed by atoms with E-state index in [9.17, 15) is 9.18 Å². The van der Waals surface area contributed by atoms with E-state index in [1.54, 1.807) is 12.1 Å². The third-order valence-electron chi connectivity index (χ3n) is 5.92. The Kier molecular flexibility index (Phi) is 7.17. The first kappa shape index (κ1) is 22.4. The number of benzene rings is 2. The first-order chi connectivity index (χ1) is 15.5. The van der Waals surface area contributed by atoms with Gasteiger partial charge in [0.2, 0.25) is 17.6 Å². The summed E-state index contributed by atoms with van der Waals surface area (Å²) in [6, 6.07) is 14.1. The van der Waals surface area contributed by atoms with Gasteiger partial charge in [0.1, 0.15) is 5.82 Å². The van der Waals surface area contributed by atoms with Crippen LogP contribution in [0.1, 0.15) is 37.3 Å². The highest BCUT2D eigenvalue weighted by Crippen LogP contribution is 2.28. The van der Waals surface area contributed by atoms with Crippen LogP contribution in [0.4, 0.5) is 4.39 Å². The van der Waals surface area contributed by atoms with Gasteiger partial charge in [-0.2, -0.15) is 4.98 Å². The molecular formula is C24H26ClFN4O2. The molecule has 1 amide bonds. The van der Waals surface area contributed by atoms with Crippen LogP contribution in [0.3, 0.4) is 0 Å². The Morgan fingerprint density at radius 2 is 1.84 bits per heavy atom. The predicted molar refractivity (Wildman–Crippen MR) is 121 cm³/mol. The van der Waals surface area contributed by atoms with Gasteiger partial charge in [-0.05, 0) is 49.2 Å². The minimum Gasteiger partial charge on any atom is -0.340 e. The zero-order valence-corrected chi connectivity index (χ0v) is 18.8. The summed E-state index contributed by atoms with van der Waals surface area (Å²) < 4.78 is 18.3. The van der Waals surface area contributed by atoms with Crippen molar-refractivity contribution < 1.29 is 13.7 Å². The van der Waals surface area contributed by atoms with E-state index >= 15 is 0 Å². The summed E-state index contributed by atoms with van der Waals surface area (Å²) in [5.41, 5.74) is 1.81. The van der Waals surface area contributed by atoms with Gasteiger partial charge in [0.25, 0.3) is 0 Å². The molecule has 0 bridgehead atoms. The van der Waals surface area contributed by atoms with Crippen molar-refractivity contribution in [2.75, 3.05) is 26.2 Å². The van der Waals surface area contributed by atoms with E-state index in [1.165, 1.54) is 12.1 Å². The quantitative estimate of drug-likeness (QED) is 0.513. The predicted octanol–water partition coefficient (Wildman–Crippen LogP) is 4.76. The first-order valence-corrected chi connectivity index (χ1v) is 11.2. The lowest BCUT2D eigenvalue weighted by Crippen LogP contribution is -2.49. The minimum atomic E-state index is -0.310. The number of hydrogen-bond donors (Lipinski definition) is 0. The van der Waals surface area contributed by atoms with Gasteiger partial charge in [-0.1, -0.05) is 35.0 Å². The first-order valence-electron chi connectivity index (χ1n) is 10.9. The Balaban J connectivity index is 1.22. The van der Waals surface area contributed by atoms with Crippen molar-refractivity contribution in [3.05, 3.63) is 70.8 Å². The van der Waals surface area contributed by atoms with Crippen molar-refractivity contribution in [2.45, 2.75) is 32.2 Å². The van der Waals surface area contributed by atoms with E-state index in [0.29, 0.717) is 49.6 Å². The summed E-state index contributed by atoms with van der Waals surface area (Å²) >= 11 is 6.34. The molecule has 1 atom stereocenters. The molecule has 2 heterocycles. The molecule has 1 aliphatic heterocycles. The highest BCUT2D eigenvalue weighted by Gasteiger charge is 2.25. The molecule has 0 saturated carbocycles. The topological polar surface area (TPSA) is 62.5 Å². The van der Waals surface area contributed by atoms with E-state index in [4.69, 9.17) is 16.1 Å². The number of carbonyl (C=O) groups is 1. The van der Waals surface area contributed by atoms with Crippen LogP contribution in [0.2, 0.25) is 5.02 Å². The third-order valence-corrected chi connectivity index (χ3v) is 6.27. The Labute approximate surface area is 192 Å². The molecule has 8 heteroatoms. The molecule has 0 radical (unpaired) electrons. The Bertz CT molecular complexity index is 1050. The molecule has 1 fully saturated rings. The summed E-state index contributed by atoms with van der Waals surface area (Å²) in [4.78, 5) is 21.3. The smallest absolute Gasteiger partial charge is 0.226 e. The molecule has 2 aromatic carbocycles. The normalized spacial score (nSPS) is 15.7. The maximum Gasteiger partial charge on any atom is 0.226 e. The highest BCUT2D eigenvalue weighted by atomic mass is 35.5. The molecule has 1 saturated heterocycles. The number of amides is 1. The molecule has 168 valence electrons. The molecule has 32 heavy (non-hydrogen) atoms. The summed E-state index contributed by atoms with van der Waals surface area (Å²) in [6.07, 6.45) is 1.61. The van der Waals surface area contributed by atoms with Gasteiger partial charge in [0.15, 0.2) is 0 Å². The Hall–Kier alpha value is -2.77. The van der Waals surface area contributed by atoms with Crippen molar-refractivity contribution in [3.8, 4) is 11.4 Å². The number of hydrogen-bond acceptors (Lipinski definition) is 5. The lowest BCUT2D eigenvalue weighted by atomic mass is 10.1. The number of carbonyl (C=O) groups excluding carboxylic acids is 1. The Morgan fingerprint density at radius 1 is 1.12 bits per heavy atom. The second kappa shape index (κ2) is 10.2. The van der Waals surface area contributed by atoms with Gasteiger partial charge in [-0.3, -0.25) is 9.69 Å². The average molecular weight is 457 g/mol. The number of halogens is 2. The molecule has 1 unspecified atom stereocenters. The lowest BCUT2D eigenvalue weighted by molar-refractivity contribution is -0.133. The largest absolute Gasteiger partial charge is 0.340 e. The van der Waals surface area contributed by atoms with E-state index in [0.717, 1.165) is 23.7 Å². The second-order valence-corrected chi connectivity index (χ2v) is 8.39. The van der Waals surface area contributed by atoms with E-state index in [1.807, 2.05) is 23.1 Å². The summed E-state index contributed by atoms with van der Waals surface area (Å²) in [5, 5.41) is 4.72. The van der Waals surface area contributed by atoms with Gasteiger partial charge < -0.3 is 9.42 Å². The molecule has 0 aliphatic carbocycles. The standard InChI is InChI=1S/C24H26ClFN4O2/c1-17(20-5-2-3-6-21(20)25)29-13-15-30(16-14-29)23(31)8-4-7-22-27-24(28-32-22)18-9-11-19(26)12-10-18/h2-3,5-6,9-12,17H,4,7-8,13-16H2,1H3. The fourth-order valence-corrected chi connectivity index (χ4v) is 4.28. The van der Waals surface area contributed by atoms with E-state index in [2.05, 4.69) is 28.0 Å². The van der Waals surface area contributed by atoms with Gasteiger partial charge in [-0.15, -0.1) is 0 Å². The summed E-state index contributed by atoms with van der Waals surface area (Å²) in [5.74, 6) is 0.744. The van der Waals surface area contributed by atoms with Gasteiger partial charge in [0.05, 0.1) is 0 Å². The maximum absolute atomic E-state index is 13.0. The zero-order chi connectivity index (χ0) is 22.5. The van der Waals surface area contributed by atoms with E-state index < -0.39 is 0 Å². The fraction of sp³-hybridized carbons (Fsp3) is 0.375. The second-order valence-electron chi connectivity index (χ2n) is 7.99. The molecule has 0 N–H and O–H groups in total. The summed E-state index contributed by atoms with van der Waals surface area (Å²) in [6.45, 7) is 5.22. The Morgan fingerprint density at radius 3 is 2.56 bits per heavy atom. The van der Waals surface area contributed by atoms with Crippen molar-refractivity contribution in [2.24, 2.45) is 0 Å². The number of rotatable bonds is 7. The van der Waals surface area contributed by atoms with Crippen molar-refractivity contribution >= 4 is 17.5 Å². The van der Waals surface area contributed by atoms with Crippen LogP contribution in [0.15, 0.2) is 53.1 Å². The molecule has 1 aliphatic rings. The monoisotopic (exact) mass is 456 g/mol.